The average Bonchev–Trinajstić information content (AvgIpc) is 2.47. The molecular weight excluding hydrogens is 250 g/mol. The summed E-state index contributed by atoms with van der Waals surface area (Å²) in [5.41, 5.74) is 7.62. The molecule has 0 aliphatic carbocycles. The van der Waals surface area contributed by atoms with Crippen molar-refractivity contribution in [3.63, 3.8) is 0 Å². The summed E-state index contributed by atoms with van der Waals surface area (Å²) in [7, 11) is 0. The Labute approximate surface area is 120 Å². The standard InChI is InChI=1S/C10H13NO2.C7H8/c1-8(11)10(12)13-7-9-5-3-2-4-6-9;1-7-5-3-2-4-6-7/h2-6,8H,7,11H2,1H3;2-6H,1H3/t8-;/m0./s1. The Kier molecular flexibility index (Phi) is 7.07. The molecule has 0 heterocycles. The van der Waals surface area contributed by atoms with E-state index in [0.717, 1.165) is 5.56 Å². The fourth-order valence-corrected chi connectivity index (χ4v) is 1.39. The maximum Gasteiger partial charge on any atom is 0.322 e. The fraction of sp³-hybridized carbons (Fsp3) is 0.235. The molecule has 106 valence electrons. The second-order valence-corrected chi connectivity index (χ2v) is 4.54. The van der Waals surface area contributed by atoms with Crippen LogP contribution in [0.4, 0.5) is 0 Å². The van der Waals surface area contributed by atoms with E-state index in [-0.39, 0.29) is 5.97 Å². The van der Waals surface area contributed by atoms with Gasteiger partial charge in [-0.25, -0.2) is 0 Å². The molecule has 0 aliphatic rings. The number of aryl methyl sites for hydroxylation is 1. The highest BCUT2D eigenvalue weighted by atomic mass is 16.5. The van der Waals surface area contributed by atoms with Crippen molar-refractivity contribution in [2.24, 2.45) is 5.73 Å². The molecule has 3 heteroatoms. The van der Waals surface area contributed by atoms with Gasteiger partial charge in [0.15, 0.2) is 0 Å². The van der Waals surface area contributed by atoms with Gasteiger partial charge in [0, 0.05) is 0 Å². The summed E-state index contributed by atoms with van der Waals surface area (Å²) in [4.78, 5) is 11.0. The summed E-state index contributed by atoms with van der Waals surface area (Å²) in [6, 6.07) is 19.2. The second-order valence-electron chi connectivity index (χ2n) is 4.54. The average molecular weight is 271 g/mol. The normalized spacial score (nSPS) is 10.9. The van der Waals surface area contributed by atoms with E-state index < -0.39 is 6.04 Å². The van der Waals surface area contributed by atoms with Gasteiger partial charge in [0.25, 0.3) is 0 Å². The molecule has 0 unspecified atom stereocenters. The Balaban J connectivity index is 0.000000240. The monoisotopic (exact) mass is 271 g/mol. The SMILES string of the molecule is C[C@H](N)C(=O)OCc1ccccc1.Cc1ccccc1. The minimum atomic E-state index is -0.552. The third-order valence-electron chi connectivity index (χ3n) is 2.54. The van der Waals surface area contributed by atoms with Crippen molar-refractivity contribution < 1.29 is 9.53 Å². The summed E-state index contributed by atoms with van der Waals surface area (Å²) in [5, 5.41) is 0. The highest BCUT2D eigenvalue weighted by Crippen LogP contribution is 2.00. The topological polar surface area (TPSA) is 52.3 Å². The van der Waals surface area contributed by atoms with E-state index in [2.05, 4.69) is 19.1 Å². The van der Waals surface area contributed by atoms with Crippen molar-refractivity contribution in [2.75, 3.05) is 0 Å². The van der Waals surface area contributed by atoms with Crippen molar-refractivity contribution in [3.8, 4) is 0 Å². The minimum Gasteiger partial charge on any atom is -0.460 e. The third kappa shape index (κ3) is 6.71. The van der Waals surface area contributed by atoms with Gasteiger partial charge in [0.1, 0.15) is 12.6 Å². The molecule has 0 amide bonds. The molecule has 0 fully saturated rings. The van der Waals surface area contributed by atoms with E-state index in [9.17, 15) is 4.79 Å². The second kappa shape index (κ2) is 8.88. The first-order valence-electron chi connectivity index (χ1n) is 6.57. The van der Waals surface area contributed by atoms with E-state index in [1.807, 2.05) is 48.5 Å². The van der Waals surface area contributed by atoms with Crippen LogP contribution in [-0.4, -0.2) is 12.0 Å². The number of esters is 1. The fourth-order valence-electron chi connectivity index (χ4n) is 1.39. The lowest BCUT2D eigenvalue weighted by Crippen LogP contribution is -2.28. The molecule has 0 bridgehead atoms. The summed E-state index contributed by atoms with van der Waals surface area (Å²) in [5.74, 6) is -0.371. The number of nitrogens with two attached hydrogens (primary N) is 1. The van der Waals surface area contributed by atoms with Gasteiger partial charge in [0.05, 0.1) is 0 Å². The third-order valence-corrected chi connectivity index (χ3v) is 2.54. The van der Waals surface area contributed by atoms with Gasteiger partial charge < -0.3 is 10.5 Å². The van der Waals surface area contributed by atoms with E-state index in [0.29, 0.717) is 6.61 Å². The van der Waals surface area contributed by atoms with Crippen LogP contribution in [0.3, 0.4) is 0 Å². The van der Waals surface area contributed by atoms with Gasteiger partial charge in [-0.2, -0.15) is 0 Å². The molecule has 1 atom stereocenters. The minimum absolute atomic E-state index is 0.293. The first-order chi connectivity index (χ1) is 9.59. The van der Waals surface area contributed by atoms with Crippen molar-refractivity contribution in [1.82, 2.24) is 0 Å². The van der Waals surface area contributed by atoms with Crippen LogP contribution in [-0.2, 0) is 16.1 Å². The molecule has 0 radical (unpaired) electrons. The molecule has 2 N–H and O–H groups in total. The zero-order chi connectivity index (χ0) is 14.8. The Hall–Kier alpha value is -2.13. The van der Waals surface area contributed by atoms with Crippen molar-refractivity contribution in [1.29, 1.82) is 0 Å². The number of benzene rings is 2. The Bertz CT molecular complexity index is 495. The van der Waals surface area contributed by atoms with Crippen LogP contribution in [0.25, 0.3) is 0 Å². The molecule has 0 aromatic heterocycles. The lowest BCUT2D eigenvalue weighted by Gasteiger charge is -2.06. The predicted molar refractivity (Wildman–Crippen MR) is 81.1 cm³/mol. The van der Waals surface area contributed by atoms with Crippen LogP contribution in [0.15, 0.2) is 60.7 Å². The number of hydrogen-bond donors (Lipinski definition) is 1. The largest absolute Gasteiger partial charge is 0.460 e. The van der Waals surface area contributed by atoms with Gasteiger partial charge in [-0.05, 0) is 19.4 Å². The summed E-state index contributed by atoms with van der Waals surface area (Å²) in [6.45, 7) is 3.98. The Morgan fingerprint density at radius 2 is 1.55 bits per heavy atom. The molecule has 0 spiro atoms. The molecular formula is C17H21NO2. The summed E-state index contributed by atoms with van der Waals surface area (Å²) < 4.78 is 4.93. The van der Waals surface area contributed by atoms with Gasteiger partial charge >= 0.3 is 5.97 Å². The molecule has 3 nitrogen and oxygen atoms in total. The molecule has 0 saturated carbocycles. The maximum absolute atomic E-state index is 11.0. The molecule has 0 aliphatic heterocycles. The zero-order valence-electron chi connectivity index (χ0n) is 12.0. The first-order valence-corrected chi connectivity index (χ1v) is 6.57. The van der Waals surface area contributed by atoms with Crippen LogP contribution >= 0.6 is 0 Å². The van der Waals surface area contributed by atoms with Crippen LogP contribution in [0, 0.1) is 6.92 Å². The van der Waals surface area contributed by atoms with Crippen LogP contribution in [0.5, 0.6) is 0 Å². The number of ether oxygens (including phenoxy) is 1. The van der Waals surface area contributed by atoms with Gasteiger partial charge in [-0.15, -0.1) is 0 Å². The highest BCUT2D eigenvalue weighted by molar-refractivity contribution is 5.74. The van der Waals surface area contributed by atoms with Gasteiger partial charge in [-0.3, -0.25) is 4.79 Å². The van der Waals surface area contributed by atoms with E-state index in [1.165, 1.54) is 5.56 Å². The quantitative estimate of drug-likeness (QED) is 0.873. The zero-order valence-corrected chi connectivity index (χ0v) is 12.0. The Morgan fingerprint density at radius 1 is 1.05 bits per heavy atom. The van der Waals surface area contributed by atoms with Gasteiger partial charge in [-0.1, -0.05) is 66.2 Å². The Morgan fingerprint density at radius 3 is 1.95 bits per heavy atom. The van der Waals surface area contributed by atoms with Crippen molar-refractivity contribution in [2.45, 2.75) is 26.5 Å². The van der Waals surface area contributed by atoms with Crippen molar-refractivity contribution in [3.05, 3.63) is 71.8 Å². The van der Waals surface area contributed by atoms with Gasteiger partial charge in [0.2, 0.25) is 0 Å². The molecule has 0 saturated heterocycles. The highest BCUT2D eigenvalue weighted by Gasteiger charge is 2.07. The van der Waals surface area contributed by atoms with E-state index >= 15 is 0 Å². The number of rotatable bonds is 3. The summed E-state index contributed by atoms with van der Waals surface area (Å²) in [6.07, 6.45) is 0. The first kappa shape index (κ1) is 15.9. The van der Waals surface area contributed by atoms with E-state index in [4.69, 9.17) is 10.5 Å². The molecule has 2 rings (SSSR count). The molecule has 20 heavy (non-hydrogen) atoms. The predicted octanol–water partition coefficient (Wildman–Crippen LogP) is 3.07. The number of hydrogen-bond acceptors (Lipinski definition) is 3. The van der Waals surface area contributed by atoms with Crippen LogP contribution in [0.2, 0.25) is 0 Å². The summed E-state index contributed by atoms with van der Waals surface area (Å²) >= 11 is 0. The lowest BCUT2D eigenvalue weighted by atomic mass is 10.2. The molecule has 2 aromatic rings. The smallest absolute Gasteiger partial charge is 0.322 e. The lowest BCUT2D eigenvalue weighted by molar-refractivity contribution is -0.146. The van der Waals surface area contributed by atoms with Crippen molar-refractivity contribution >= 4 is 5.97 Å². The molecule has 2 aromatic carbocycles. The number of carbonyl (C=O) groups is 1. The van der Waals surface area contributed by atoms with E-state index in [1.54, 1.807) is 6.92 Å². The van der Waals surface area contributed by atoms with Crippen LogP contribution < -0.4 is 5.73 Å². The van der Waals surface area contributed by atoms with Crippen LogP contribution in [0.1, 0.15) is 18.1 Å². The number of carbonyl (C=O) groups excluding carboxylic acids is 1. The maximum atomic E-state index is 11.0.